The molecule has 5 N–H and O–H groups in total. The zero-order chi connectivity index (χ0) is 26.7. The Balaban J connectivity index is 2.75. The first-order valence-corrected chi connectivity index (χ1v) is 12.5. The van der Waals surface area contributed by atoms with Crippen molar-refractivity contribution in [1.29, 1.82) is 0 Å². The molecule has 200 valence electrons. The summed E-state index contributed by atoms with van der Waals surface area (Å²) in [6.45, 7) is 11.7. The second kappa shape index (κ2) is 14.7. The Morgan fingerprint density at radius 3 is 2.11 bits per heavy atom. The summed E-state index contributed by atoms with van der Waals surface area (Å²) in [6.07, 6.45) is 1.63. The standard InChI is InChI=1S/C24H44N6O5/c1-14(2)11-17(22(33)27-12-19(31)29-21(15(3)4)24(35)25-7)28-23(34)18-9-8-10-30(18)20(32)13-26-16(5)6/h14-18,21,26H,8-13H2,1-7H3,(H,25,35)(H,27,33)(H,28,34)(H,29,31)/t17-,18-,21-/m0/s1. The van der Waals surface area contributed by atoms with Crippen LogP contribution in [-0.2, 0) is 24.0 Å². The van der Waals surface area contributed by atoms with Gasteiger partial charge in [-0.1, -0.05) is 41.5 Å². The quantitative estimate of drug-likeness (QED) is 0.232. The Hall–Kier alpha value is -2.69. The van der Waals surface area contributed by atoms with Crippen LogP contribution in [0.15, 0.2) is 0 Å². The van der Waals surface area contributed by atoms with Crippen LogP contribution in [0.5, 0.6) is 0 Å². The molecule has 0 radical (unpaired) electrons. The third-order valence-corrected chi connectivity index (χ3v) is 5.81. The molecule has 35 heavy (non-hydrogen) atoms. The summed E-state index contributed by atoms with van der Waals surface area (Å²) in [4.78, 5) is 64.3. The SMILES string of the molecule is CNC(=O)[C@@H](NC(=O)CNC(=O)[C@H](CC(C)C)NC(=O)[C@@H]1CCCN1C(=O)CNC(C)C)C(C)C. The molecule has 1 heterocycles. The van der Waals surface area contributed by atoms with E-state index in [0.29, 0.717) is 19.4 Å². The monoisotopic (exact) mass is 496 g/mol. The predicted molar refractivity (Wildman–Crippen MR) is 133 cm³/mol. The average Bonchev–Trinajstić information content (AvgIpc) is 3.28. The number of amides is 5. The first-order valence-electron chi connectivity index (χ1n) is 12.5. The topological polar surface area (TPSA) is 149 Å². The second-order valence-corrected chi connectivity index (χ2v) is 10.1. The number of likely N-dealkylation sites (N-methyl/N-ethyl adjacent to an activating group) is 1. The van der Waals surface area contributed by atoms with Crippen molar-refractivity contribution in [2.24, 2.45) is 11.8 Å². The lowest BCUT2D eigenvalue weighted by atomic mass is 10.0. The fraction of sp³-hybridized carbons (Fsp3) is 0.792. The van der Waals surface area contributed by atoms with Crippen LogP contribution < -0.4 is 26.6 Å². The van der Waals surface area contributed by atoms with E-state index in [0.717, 1.165) is 6.42 Å². The van der Waals surface area contributed by atoms with Gasteiger partial charge >= 0.3 is 0 Å². The summed E-state index contributed by atoms with van der Waals surface area (Å²) in [6, 6.07) is -2.04. The number of nitrogens with zero attached hydrogens (tertiary/aromatic N) is 1. The van der Waals surface area contributed by atoms with Crippen LogP contribution >= 0.6 is 0 Å². The molecular weight excluding hydrogens is 452 g/mol. The van der Waals surface area contributed by atoms with Crippen molar-refractivity contribution >= 4 is 29.5 Å². The molecule has 1 rings (SSSR count). The van der Waals surface area contributed by atoms with Gasteiger partial charge in [0.05, 0.1) is 13.1 Å². The molecule has 0 aliphatic carbocycles. The van der Waals surface area contributed by atoms with Gasteiger partial charge in [0.1, 0.15) is 18.1 Å². The van der Waals surface area contributed by atoms with Crippen molar-refractivity contribution in [2.75, 3.05) is 26.7 Å². The van der Waals surface area contributed by atoms with Gasteiger partial charge in [0.2, 0.25) is 29.5 Å². The van der Waals surface area contributed by atoms with Gasteiger partial charge in [0, 0.05) is 19.6 Å². The Morgan fingerprint density at radius 1 is 0.914 bits per heavy atom. The van der Waals surface area contributed by atoms with Crippen LogP contribution in [-0.4, -0.2) is 85.3 Å². The van der Waals surface area contributed by atoms with Gasteiger partial charge in [-0.05, 0) is 31.1 Å². The smallest absolute Gasteiger partial charge is 0.243 e. The van der Waals surface area contributed by atoms with Gasteiger partial charge in [-0.25, -0.2) is 0 Å². The van der Waals surface area contributed by atoms with Crippen LogP contribution in [0.1, 0.15) is 60.8 Å². The van der Waals surface area contributed by atoms with Crippen molar-refractivity contribution in [3.8, 4) is 0 Å². The predicted octanol–water partition coefficient (Wildman–Crippen LogP) is -0.491. The molecule has 0 spiro atoms. The lowest BCUT2D eigenvalue weighted by molar-refractivity contribution is -0.139. The maximum Gasteiger partial charge on any atom is 0.243 e. The number of hydrogen-bond acceptors (Lipinski definition) is 6. The zero-order valence-corrected chi connectivity index (χ0v) is 22.2. The molecule has 1 aliphatic rings. The number of carbonyl (C=O) groups is 5. The summed E-state index contributed by atoms with van der Waals surface area (Å²) >= 11 is 0. The van der Waals surface area contributed by atoms with Gasteiger partial charge in [-0.2, -0.15) is 0 Å². The first-order chi connectivity index (χ1) is 16.4. The molecule has 11 nitrogen and oxygen atoms in total. The molecule has 0 saturated carbocycles. The minimum Gasteiger partial charge on any atom is -0.357 e. The first kappa shape index (κ1) is 30.3. The highest BCUT2D eigenvalue weighted by molar-refractivity contribution is 5.94. The van der Waals surface area contributed by atoms with E-state index < -0.39 is 29.9 Å². The summed E-state index contributed by atoms with van der Waals surface area (Å²) in [7, 11) is 1.49. The maximum absolute atomic E-state index is 13.0. The molecule has 5 amide bonds. The van der Waals surface area contributed by atoms with E-state index in [4.69, 9.17) is 0 Å². The average molecular weight is 497 g/mol. The summed E-state index contributed by atoms with van der Waals surface area (Å²) in [5.41, 5.74) is 0. The molecule has 1 saturated heterocycles. The van der Waals surface area contributed by atoms with E-state index in [1.807, 2.05) is 41.5 Å². The minimum absolute atomic E-state index is 0.106. The molecule has 1 fully saturated rings. The van der Waals surface area contributed by atoms with E-state index in [1.54, 1.807) is 4.90 Å². The van der Waals surface area contributed by atoms with Gasteiger partial charge in [0.25, 0.3) is 0 Å². The molecule has 0 bridgehead atoms. The highest BCUT2D eigenvalue weighted by Gasteiger charge is 2.36. The molecule has 11 heteroatoms. The molecule has 0 aromatic heterocycles. The maximum atomic E-state index is 13.0. The van der Waals surface area contributed by atoms with E-state index in [-0.39, 0.29) is 48.7 Å². The third kappa shape index (κ3) is 10.2. The summed E-state index contributed by atoms with van der Waals surface area (Å²) in [5.74, 6) is -1.84. The lowest BCUT2D eigenvalue weighted by Crippen LogP contribution is -2.56. The van der Waals surface area contributed by atoms with Crippen molar-refractivity contribution in [1.82, 2.24) is 31.5 Å². The Labute approximate surface area is 208 Å². The van der Waals surface area contributed by atoms with Crippen molar-refractivity contribution in [3.63, 3.8) is 0 Å². The molecule has 3 atom stereocenters. The third-order valence-electron chi connectivity index (χ3n) is 5.81. The van der Waals surface area contributed by atoms with Gasteiger partial charge in [-0.15, -0.1) is 0 Å². The number of rotatable bonds is 13. The number of hydrogen-bond donors (Lipinski definition) is 5. The highest BCUT2D eigenvalue weighted by atomic mass is 16.2. The fourth-order valence-corrected chi connectivity index (χ4v) is 3.91. The Bertz CT molecular complexity index is 755. The summed E-state index contributed by atoms with van der Waals surface area (Å²) in [5, 5.41) is 13.6. The molecule has 0 unspecified atom stereocenters. The van der Waals surface area contributed by atoms with Gasteiger partial charge in [-0.3, -0.25) is 24.0 Å². The Kier molecular flexibility index (Phi) is 12.7. The van der Waals surface area contributed by atoms with Crippen LogP contribution in [0.25, 0.3) is 0 Å². The van der Waals surface area contributed by atoms with Crippen LogP contribution in [0.2, 0.25) is 0 Å². The van der Waals surface area contributed by atoms with Crippen LogP contribution in [0.4, 0.5) is 0 Å². The van der Waals surface area contributed by atoms with Crippen molar-refractivity contribution in [2.45, 2.75) is 85.0 Å². The number of likely N-dealkylation sites (tertiary alicyclic amines) is 1. The van der Waals surface area contributed by atoms with E-state index >= 15 is 0 Å². The number of nitrogens with one attached hydrogen (secondary N) is 5. The Morgan fingerprint density at radius 2 is 1.57 bits per heavy atom. The second-order valence-electron chi connectivity index (χ2n) is 10.1. The minimum atomic E-state index is -0.846. The van der Waals surface area contributed by atoms with E-state index in [2.05, 4.69) is 26.6 Å². The van der Waals surface area contributed by atoms with Crippen LogP contribution in [0, 0.1) is 11.8 Å². The van der Waals surface area contributed by atoms with E-state index in [9.17, 15) is 24.0 Å². The molecule has 0 aromatic rings. The molecule has 0 aromatic carbocycles. The molecule has 1 aliphatic heterocycles. The normalized spacial score (nSPS) is 17.3. The number of carbonyl (C=O) groups excluding carboxylic acids is 5. The largest absolute Gasteiger partial charge is 0.357 e. The lowest BCUT2D eigenvalue weighted by Gasteiger charge is -2.27. The highest BCUT2D eigenvalue weighted by Crippen LogP contribution is 2.18. The van der Waals surface area contributed by atoms with Crippen molar-refractivity contribution < 1.29 is 24.0 Å². The van der Waals surface area contributed by atoms with E-state index in [1.165, 1.54) is 7.05 Å². The fourth-order valence-electron chi connectivity index (χ4n) is 3.91. The summed E-state index contributed by atoms with van der Waals surface area (Å²) < 4.78 is 0. The van der Waals surface area contributed by atoms with Crippen molar-refractivity contribution in [3.05, 3.63) is 0 Å². The molecular formula is C24H44N6O5. The van der Waals surface area contributed by atoms with Gasteiger partial charge in [0.15, 0.2) is 0 Å². The zero-order valence-electron chi connectivity index (χ0n) is 22.2. The van der Waals surface area contributed by atoms with Gasteiger partial charge < -0.3 is 31.5 Å². The van der Waals surface area contributed by atoms with Crippen LogP contribution in [0.3, 0.4) is 0 Å².